The van der Waals surface area contributed by atoms with E-state index in [2.05, 4.69) is 27.4 Å². The molecule has 1 aromatic rings. The molecule has 0 spiro atoms. The van der Waals surface area contributed by atoms with Crippen molar-refractivity contribution < 1.29 is 4.79 Å². The average molecular weight is 265 g/mol. The van der Waals surface area contributed by atoms with Gasteiger partial charge in [-0.05, 0) is 32.9 Å². The van der Waals surface area contributed by atoms with Crippen molar-refractivity contribution in [3.63, 3.8) is 0 Å². The Morgan fingerprint density at radius 3 is 2.84 bits per heavy atom. The quantitative estimate of drug-likeness (QED) is 0.794. The summed E-state index contributed by atoms with van der Waals surface area (Å²) in [4.78, 5) is 18.0. The van der Waals surface area contributed by atoms with Crippen LogP contribution in [-0.4, -0.2) is 52.7 Å². The van der Waals surface area contributed by atoms with Crippen LogP contribution in [-0.2, 0) is 6.54 Å². The third-order valence-electron chi connectivity index (χ3n) is 3.54. The van der Waals surface area contributed by atoms with E-state index in [0.717, 1.165) is 19.6 Å². The maximum Gasteiger partial charge on any atom is 0.314 e. The van der Waals surface area contributed by atoms with Crippen molar-refractivity contribution in [1.82, 2.24) is 25.1 Å². The molecule has 2 rings (SSSR count). The number of hydrogen-bond donors (Lipinski definition) is 2. The van der Waals surface area contributed by atoms with Gasteiger partial charge in [0, 0.05) is 38.1 Å². The summed E-state index contributed by atoms with van der Waals surface area (Å²) in [6.45, 7) is 6.54. The highest BCUT2D eigenvalue weighted by molar-refractivity contribution is 5.73. The Bertz CT molecular complexity index is 372. The number of carbonyl (C=O) groups is 1. The van der Waals surface area contributed by atoms with E-state index in [1.807, 2.05) is 10.8 Å². The fourth-order valence-corrected chi connectivity index (χ4v) is 2.33. The van der Waals surface area contributed by atoms with Crippen molar-refractivity contribution in [3.05, 3.63) is 18.7 Å². The zero-order valence-corrected chi connectivity index (χ0v) is 11.5. The molecule has 1 unspecified atom stereocenters. The Hall–Kier alpha value is -1.56. The van der Waals surface area contributed by atoms with Crippen molar-refractivity contribution in [2.45, 2.75) is 32.4 Å². The van der Waals surface area contributed by atoms with Gasteiger partial charge >= 0.3 is 6.03 Å². The number of aromatic nitrogens is 2. The van der Waals surface area contributed by atoms with E-state index in [4.69, 9.17) is 0 Å². The first kappa shape index (κ1) is 13.9. The molecule has 2 amide bonds. The molecule has 1 saturated heterocycles. The van der Waals surface area contributed by atoms with Crippen molar-refractivity contribution >= 4 is 6.03 Å². The Morgan fingerprint density at radius 2 is 2.16 bits per heavy atom. The summed E-state index contributed by atoms with van der Waals surface area (Å²) in [5.74, 6) is 0. The second-order valence-electron chi connectivity index (χ2n) is 5.03. The molecule has 2 N–H and O–H groups in total. The van der Waals surface area contributed by atoms with E-state index in [-0.39, 0.29) is 6.03 Å². The van der Waals surface area contributed by atoms with Crippen LogP contribution in [0.3, 0.4) is 0 Å². The summed E-state index contributed by atoms with van der Waals surface area (Å²) >= 11 is 0. The molecule has 0 saturated carbocycles. The molecule has 0 aromatic carbocycles. The summed E-state index contributed by atoms with van der Waals surface area (Å²) in [5, 5.41) is 5.77. The van der Waals surface area contributed by atoms with Crippen LogP contribution in [0.2, 0.25) is 0 Å². The third-order valence-corrected chi connectivity index (χ3v) is 3.54. The lowest BCUT2D eigenvalue weighted by Crippen LogP contribution is -2.44. The maximum absolute atomic E-state index is 11.6. The zero-order valence-electron chi connectivity index (χ0n) is 11.5. The standard InChI is InChI=1S/C13H23N5O/c1-12(18-6-2-3-7-18)10-16-13(19)15-5-9-17-8-4-14-11-17/h4,8,11-12H,2-3,5-7,9-10H2,1H3,(H2,15,16,19). The van der Waals surface area contributed by atoms with E-state index >= 15 is 0 Å². The molecule has 1 atom stereocenters. The number of hydrogen-bond acceptors (Lipinski definition) is 3. The van der Waals surface area contributed by atoms with Crippen LogP contribution in [0, 0.1) is 0 Å². The molecule has 6 heteroatoms. The lowest BCUT2D eigenvalue weighted by atomic mass is 10.3. The fourth-order valence-electron chi connectivity index (χ4n) is 2.33. The lowest BCUT2D eigenvalue weighted by Gasteiger charge is -2.23. The maximum atomic E-state index is 11.6. The molecule has 106 valence electrons. The Labute approximate surface area is 114 Å². The van der Waals surface area contributed by atoms with Gasteiger partial charge in [-0.25, -0.2) is 9.78 Å². The van der Waals surface area contributed by atoms with Crippen LogP contribution >= 0.6 is 0 Å². The number of nitrogens with zero attached hydrogens (tertiary/aromatic N) is 3. The second-order valence-corrected chi connectivity index (χ2v) is 5.03. The molecule has 1 fully saturated rings. The molecular weight excluding hydrogens is 242 g/mol. The molecule has 1 aliphatic rings. The van der Waals surface area contributed by atoms with Crippen LogP contribution < -0.4 is 10.6 Å². The molecular formula is C13H23N5O. The molecule has 19 heavy (non-hydrogen) atoms. The monoisotopic (exact) mass is 265 g/mol. The summed E-state index contributed by atoms with van der Waals surface area (Å²) in [6.07, 6.45) is 7.92. The van der Waals surface area contributed by atoms with Crippen molar-refractivity contribution in [1.29, 1.82) is 0 Å². The number of nitrogens with one attached hydrogen (secondary N) is 2. The summed E-state index contributed by atoms with van der Waals surface area (Å²) < 4.78 is 1.94. The summed E-state index contributed by atoms with van der Waals surface area (Å²) in [7, 11) is 0. The van der Waals surface area contributed by atoms with E-state index in [9.17, 15) is 4.79 Å². The smallest absolute Gasteiger partial charge is 0.314 e. The number of urea groups is 1. The fraction of sp³-hybridized carbons (Fsp3) is 0.692. The Kier molecular flexibility index (Phi) is 5.20. The van der Waals surface area contributed by atoms with Crippen LogP contribution in [0.25, 0.3) is 0 Å². The molecule has 0 bridgehead atoms. The highest BCUT2D eigenvalue weighted by Gasteiger charge is 2.18. The highest BCUT2D eigenvalue weighted by Crippen LogP contribution is 2.10. The minimum Gasteiger partial charge on any atom is -0.337 e. The number of amides is 2. The first-order valence-electron chi connectivity index (χ1n) is 6.97. The van der Waals surface area contributed by atoms with Crippen molar-refractivity contribution in [3.8, 4) is 0 Å². The summed E-state index contributed by atoms with van der Waals surface area (Å²) in [6, 6.07) is 0.327. The molecule has 6 nitrogen and oxygen atoms in total. The van der Waals surface area contributed by atoms with E-state index in [0.29, 0.717) is 19.1 Å². The van der Waals surface area contributed by atoms with Crippen molar-refractivity contribution in [2.24, 2.45) is 0 Å². The second kappa shape index (κ2) is 7.13. The minimum atomic E-state index is -0.0915. The van der Waals surface area contributed by atoms with Gasteiger partial charge in [0.15, 0.2) is 0 Å². The van der Waals surface area contributed by atoms with Gasteiger partial charge < -0.3 is 15.2 Å². The summed E-state index contributed by atoms with van der Waals surface area (Å²) in [5.41, 5.74) is 0. The molecule has 0 aliphatic carbocycles. The number of carbonyl (C=O) groups excluding carboxylic acids is 1. The zero-order chi connectivity index (χ0) is 13.5. The number of rotatable bonds is 6. The minimum absolute atomic E-state index is 0.0915. The van der Waals surface area contributed by atoms with Crippen molar-refractivity contribution in [2.75, 3.05) is 26.2 Å². The van der Waals surface area contributed by atoms with Crippen LogP contribution in [0.1, 0.15) is 19.8 Å². The third kappa shape index (κ3) is 4.55. The Balaban J connectivity index is 1.56. The van der Waals surface area contributed by atoms with Gasteiger partial charge in [0.25, 0.3) is 0 Å². The van der Waals surface area contributed by atoms with Gasteiger partial charge in [-0.15, -0.1) is 0 Å². The van der Waals surface area contributed by atoms with E-state index < -0.39 is 0 Å². The van der Waals surface area contributed by atoms with Gasteiger partial charge in [-0.3, -0.25) is 4.90 Å². The van der Waals surface area contributed by atoms with E-state index in [1.165, 1.54) is 12.8 Å². The van der Waals surface area contributed by atoms with Crippen LogP contribution in [0.15, 0.2) is 18.7 Å². The van der Waals surface area contributed by atoms with Crippen LogP contribution in [0.4, 0.5) is 4.79 Å². The highest BCUT2D eigenvalue weighted by atomic mass is 16.2. The van der Waals surface area contributed by atoms with Gasteiger partial charge in [-0.2, -0.15) is 0 Å². The normalized spacial score (nSPS) is 17.3. The SMILES string of the molecule is CC(CNC(=O)NCCn1ccnc1)N1CCCC1. The van der Waals surface area contributed by atoms with Crippen LogP contribution in [0.5, 0.6) is 0 Å². The van der Waals surface area contributed by atoms with Gasteiger partial charge in [0.05, 0.1) is 6.33 Å². The van der Waals surface area contributed by atoms with Gasteiger partial charge in [0.2, 0.25) is 0 Å². The first-order chi connectivity index (χ1) is 9.25. The predicted octanol–water partition coefficient (Wildman–Crippen LogP) is 0.667. The van der Waals surface area contributed by atoms with Gasteiger partial charge in [-0.1, -0.05) is 0 Å². The Morgan fingerprint density at radius 1 is 1.37 bits per heavy atom. The topological polar surface area (TPSA) is 62.2 Å². The largest absolute Gasteiger partial charge is 0.337 e. The lowest BCUT2D eigenvalue weighted by molar-refractivity contribution is 0.226. The number of likely N-dealkylation sites (tertiary alicyclic amines) is 1. The first-order valence-corrected chi connectivity index (χ1v) is 6.97. The molecule has 1 aromatic heterocycles. The number of imidazole rings is 1. The predicted molar refractivity (Wildman–Crippen MR) is 73.9 cm³/mol. The van der Waals surface area contributed by atoms with Gasteiger partial charge in [0.1, 0.15) is 0 Å². The average Bonchev–Trinajstić information content (AvgIpc) is 3.08. The molecule has 2 heterocycles. The molecule has 1 aliphatic heterocycles. The molecule has 0 radical (unpaired) electrons. The van der Waals surface area contributed by atoms with E-state index in [1.54, 1.807) is 12.5 Å².